The smallest absolute Gasteiger partial charge is 0.137 e. The molecule has 4 heterocycles. The van der Waals surface area contributed by atoms with Gasteiger partial charge in [0.05, 0.1) is 24.6 Å². The average Bonchev–Trinajstić information content (AvgIpc) is 2.68. The molecule has 0 radical (unpaired) electrons. The Morgan fingerprint density at radius 1 is 1.24 bits per heavy atom. The van der Waals surface area contributed by atoms with Crippen LogP contribution in [0.25, 0.3) is 0 Å². The Balaban J connectivity index is 1.47. The van der Waals surface area contributed by atoms with E-state index in [1.54, 1.807) is 12.4 Å². The zero-order valence-electron chi connectivity index (χ0n) is 14.5. The summed E-state index contributed by atoms with van der Waals surface area (Å²) in [7, 11) is 0. The van der Waals surface area contributed by atoms with Crippen molar-refractivity contribution in [3.63, 3.8) is 0 Å². The molecule has 0 amide bonds. The summed E-state index contributed by atoms with van der Waals surface area (Å²) in [5.74, 6) is 0.836. The van der Waals surface area contributed by atoms with Crippen molar-refractivity contribution in [2.75, 3.05) is 26.3 Å². The zero-order valence-corrected chi connectivity index (χ0v) is 14.5. The molecule has 5 heteroatoms. The van der Waals surface area contributed by atoms with E-state index in [-0.39, 0.29) is 11.5 Å². The number of hydrogen-bond acceptors (Lipinski definition) is 5. The van der Waals surface area contributed by atoms with Gasteiger partial charge in [0.2, 0.25) is 0 Å². The molecule has 2 aliphatic heterocycles. The predicted octanol–water partition coefficient (Wildman–Crippen LogP) is 2.93. The first-order valence-corrected chi connectivity index (χ1v) is 9.11. The summed E-state index contributed by atoms with van der Waals surface area (Å²) >= 11 is 0. The van der Waals surface area contributed by atoms with Crippen LogP contribution in [0.15, 0.2) is 48.9 Å². The molecule has 0 aromatic carbocycles. The summed E-state index contributed by atoms with van der Waals surface area (Å²) in [5, 5.41) is 0. The first kappa shape index (κ1) is 16.5. The fraction of sp³-hybridized carbons (Fsp3) is 0.500. The van der Waals surface area contributed by atoms with Crippen molar-refractivity contribution in [2.24, 2.45) is 5.41 Å². The van der Waals surface area contributed by atoms with Crippen molar-refractivity contribution < 1.29 is 9.47 Å². The largest absolute Gasteiger partial charge is 0.491 e. The number of fused-ring (bicyclic) bond motifs is 1. The molecule has 0 saturated carbocycles. The highest BCUT2D eigenvalue weighted by molar-refractivity contribution is 5.16. The standard InChI is InChI=1S/C20H25N3O2/c1-2-10-22-17(5-1)14-23-11-7-19-20(15-23,8-4-12-24-19)16-25-18-6-3-9-21-13-18/h1-3,5-6,9-10,13,19H,4,7-8,11-12,14-16H2/t19-,20-/m1/s1. The highest BCUT2D eigenvalue weighted by Gasteiger charge is 2.46. The number of rotatable bonds is 5. The monoisotopic (exact) mass is 339 g/mol. The molecular weight excluding hydrogens is 314 g/mol. The Morgan fingerprint density at radius 2 is 2.24 bits per heavy atom. The fourth-order valence-corrected chi connectivity index (χ4v) is 4.11. The van der Waals surface area contributed by atoms with E-state index in [4.69, 9.17) is 9.47 Å². The molecular formula is C20H25N3O2. The number of ether oxygens (including phenoxy) is 2. The summed E-state index contributed by atoms with van der Waals surface area (Å²) in [6, 6.07) is 10.0. The maximum atomic E-state index is 6.13. The maximum Gasteiger partial charge on any atom is 0.137 e. The number of likely N-dealkylation sites (tertiary alicyclic amines) is 1. The van der Waals surface area contributed by atoms with Gasteiger partial charge in [-0.15, -0.1) is 0 Å². The van der Waals surface area contributed by atoms with Crippen LogP contribution < -0.4 is 4.74 Å². The Morgan fingerprint density at radius 3 is 3.08 bits per heavy atom. The molecule has 0 spiro atoms. The van der Waals surface area contributed by atoms with Crippen LogP contribution in [0.4, 0.5) is 0 Å². The summed E-state index contributed by atoms with van der Waals surface area (Å²) in [4.78, 5) is 11.1. The minimum Gasteiger partial charge on any atom is -0.491 e. The Labute approximate surface area is 149 Å². The highest BCUT2D eigenvalue weighted by atomic mass is 16.5. The van der Waals surface area contributed by atoms with Gasteiger partial charge in [-0.25, -0.2) is 0 Å². The lowest BCUT2D eigenvalue weighted by atomic mass is 9.73. The van der Waals surface area contributed by atoms with E-state index in [0.29, 0.717) is 6.61 Å². The van der Waals surface area contributed by atoms with Crippen molar-refractivity contribution in [1.29, 1.82) is 0 Å². The highest BCUT2D eigenvalue weighted by Crippen LogP contribution is 2.40. The summed E-state index contributed by atoms with van der Waals surface area (Å²) < 4.78 is 12.3. The van der Waals surface area contributed by atoms with Crippen LogP contribution in [0.3, 0.4) is 0 Å². The number of hydrogen-bond donors (Lipinski definition) is 0. The minimum absolute atomic E-state index is 0.0567. The van der Waals surface area contributed by atoms with Crippen LogP contribution in [0.1, 0.15) is 25.0 Å². The van der Waals surface area contributed by atoms with Crippen molar-refractivity contribution in [2.45, 2.75) is 31.9 Å². The van der Waals surface area contributed by atoms with Gasteiger partial charge in [0.25, 0.3) is 0 Å². The Kier molecular flexibility index (Phi) is 4.95. The second-order valence-electron chi connectivity index (χ2n) is 7.12. The Bertz CT molecular complexity index is 667. The topological polar surface area (TPSA) is 47.5 Å². The van der Waals surface area contributed by atoms with E-state index in [1.807, 2.05) is 24.4 Å². The van der Waals surface area contributed by atoms with E-state index in [0.717, 1.165) is 56.9 Å². The van der Waals surface area contributed by atoms with E-state index in [2.05, 4.69) is 27.0 Å². The normalized spacial score (nSPS) is 26.8. The molecule has 2 fully saturated rings. The van der Waals surface area contributed by atoms with Crippen molar-refractivity contribution in [1.82, 2.24) is 14.9 Å². The van der Waals surface area contributed by atoms with Gasteiger partial charge in [0.15, 0.2) is 0 Å². The number of aromatic nitrogens is 2. The van der Waals surface area contributed by atoms with E-state index in [1.165, 1.54) is 0 Å². The first-order valence-electron chi connectivity index (χ1n) is 9.11. The SMILES string of the molecule is c1ccc(CN2CC[C@H]3OCCC[C@]3(COc3cccnc3)C2)nc1. The zero-order chi connectivity index (χ0) is 17.0. The van der Waals surface area contributed by atoms with Crippen molar-refractivity contribution >= 4 is 0 Å². The maximum absolute atomic E-state index is 6.13. The van der Waals surface area contributed by atoms with Crippen molar-refractivity contribution in [3.05, 3.63) is 54.6 Å². The Hall–Kier alpha value is -1.98. The van der Waals surface area contributed by atoms with Gasteiger partial charge >= 0.3 is 0 Å². The third kappa shape index (κ3) is 3.83. The van der Waals surface area contributed by atoms with Crippen LogP contribution >= 0.6 is 0 Å². The molecule has 5 nitrogen and oxygen atoms in total. The number of nitrogens with zero attached hydrogens (tertiary/aromatic N) is 3. The third-order valence-electron chi connectivity index (χ3n) is 5.34. The van der Waals surface area contributed by atoms with Crippen molar-refractivity contribution in [3.8, 4) is 5.75 Å². The molecule has 0 aliphatic carbocycles. The molecule has 4 rings (SSSR count). The number of piperidine rings is 1. The number of pyridine rings is 2. The average molecular weight is 339 g/mol. The van der Waals surface area contributed by atoms with Gasteiger partial charge in [-0.05, 0) is 43.5 Å². The lowest BCUT2D eigenvalue weighted by molar-refractivity contribution is -0.141. The van der Waals surface area contributed by atoms with Gasteiger partial charge in [0.1, 0.15) is 5.75 Å². The summed E-state index contributed by atoms with van der Waals surface area (Å²) in [5.41, 5.74) is 1.18. The van der Waals surface area contributed by atoms with Gasteiger partial charge in [-0.2, -0.15) is 0 Å². The molecule has 25 heavy (non-hydrogen) atoms. The lowest BCUT2D eigenvalue weighted by Crippen LogP contribution is -2.57. The van der Waals surface area contributed by atoms with Crippen LogP contribution in [-0.2, 0) is 11.3 Å². The molecule has 0 bridgehead atoms. The fourth-order valence-electron chi connectivity index (χ4n) is 4.11. The molecule has 132 valence electrons. The second kappa shape index (κ2) is 7.50. The van der Waals surface area contributed by atoms with Gasteiger partial charge in [-0.3, -0.25) is 14.9 Å². The first-order chi connectivity index (χ1) is 12.3. The van der Waals surface area contributed by atoms with Gasteiger partial charge < -0.3 is 9.47 Å². The van der Waals surface area contributed by atoms with Crippen LogP contribution in [0, 0.1) is 5.41 Å². The molecule has 2 saturated heterocycles. The summed E-state index contributed by atoms with van der Waals surface area (Å²) in [6.45, 7) is 4.49. The van der Waals surface area contributed by atoms with Crippen LogP contribution in [0.2, 0.25) is 0 Å². The molecule has 2 aromatic heterocycles. The van der Waals surface area contributed by atoms with Crippen LogP contribution in [-0.4, -0.2) is 47.3 Å². The molecule has 2 atom stereocenters. The predicted molar refractivity (Wildman–Crippen MR) is 95.3 cm³/mol. The van der Waals surface area contributed by atoms with Crippen LogP contribution in [0.5, 0.6) is 5.75 Å². The lowest BCUT2D eigenvalue weighted by Gasteiger charge is -2.50. The third-order valence-corrected chi connectivity index (χ3v) is 5.34. The van der Waals surface area contributed by atoms with Gasteiger partial charge in [0, 0.05) is 44.0 Å². The van der Waals surface area contributed by atoms with E-state index < -0.39 is 0 Å². The molecule has 2 aromatic rings. The van der Waals surface area contributed by atoms with E-state index in [9.17, 15) is 0 Å². The second-order valence-corrected chi connectivity index (χ2v) is 7.12. The van der Waals surface area contributed by atoms with E-state index >= 15 is 0 Å². The molecule has 0 N–H and O–H groups in total. The summed E-state index contributed by atoms with van der Waals surface area (Å²) in [6.07, 6.45) is 9.02. The quantitative estimate of drug-likeness (QED) is 0.838. The van der Waals surface area contributed by atoms with Gasteiger partial charge in [-0.1, -0.05) is 6.07 Å². The minimum atomic E-state index is 0.0567. The molecule has 2 aliphatic rings. The molecule has 0 unspecified atom stereocenters.